The van der Waals surface area contributed by atoms with Gasteiger partial charge in [-0.05, 0) is 45.2 Å². The molecule has 0 aliphatic carbocycles. The molecule has 154 valence electrons. The molecule has 0 saturated heterocycles. The summed E-state index contributed by atoms with van der Waals surface area (Å²) in [6, 6.07) is 4.75. The van der Waals surface area contributed by atoms with Crippen molar-refractivity contribution < 1.29 is 21.6 Å². The lowest BCUT2D eigenvalue weighted by Crippen LogP contribution is -2.32. The van der Waals surface area contributed by atoms with Crippen molar-refractivity contribution in [3.05, 3.63) is 29.3 Å². The standard InChI is InChI=1S/C18H28F3N3O2S/c1-6-14(7-2)24(9-4)22-16(8-3)15-12-13(5)10-11-17(15)23-27(25,26)18(19,20)21/h10-12,14,23H,6-9H2,1-5H3/b22-16+. The maximum Gasteiger partial charge on any atom is 0.516 e. The van der Waals surface area contributed by atoms with Gasteiger partial charge in [-0.3, -0.25) is 9.73 Å². The predicted octanol–water partition coefficient (Wildman–Crippen LogP) is 4.88. The van der Waals surface area contributed by atoms with Crippen molar-refractivity contribution in [2.75, 3.05) is 11.3 Å². The van der Waals surface area contributed by atoms with Gasteiger partial charge in [-0.2, -0.15) is 26.7 Å². The highest BCUT2D eigenvalue weighted by atomic mass is 32.2. The van der Waals surface area contributed by atoms with E-state index in [4.69, 9.17) is 0 Å². The third-order valence-corrected chi connectivity index (χ3v) is 5.41. The quantitative estimate of drug-likeness (QED) is 0.469. The predicted molar refractivity (Wildman–Crippen MR) is 103 cm³/mol. The van der Waals surface area contributed by atoms with E-state index in [9.17, 15) is 21.6 Å². The molecule has 9 heteroatoms. The van der Waals surface area contributed by atoms with Crippen molar-refractivity contribution in [3.8, 4) is 0 Å². The van der Waals surface area contributed by atoms with Crippen molar-refractivity contribution in [1.82, 2.24) is 5.01 Å². The molecule has 0 aliphatic rings. The minimum absolute atomic E-state index is 0.126. The Labute approximate surface area is 159 Å². The van der Waals surface area contributed by atoms with E-state index in [1.807, 2.05) is 32.7 Å². The van der Waals surface area contributed by atoms with Crippen molar-refractivity contribution in [2.45, 2.75) is 65.4 Å². The Kier molecular flexibility index (Phi) is 8.13. The Hall–Kier alpha value is -1.77. The van der Waals surface area contributed by atoms with Crippen molar-refractivity contribution in [3.63, 3.8) is 0 Å². The fourth-order valence-electron chi connectivity index (χ4n) is 2.78. The second-order valence-corrected chi connectivity index (χ2v) is 7.90. The number of nitrogens with zero attached hydrogens (tertiary/aromatic N) is 2. The lowest BCUT2D eigenvalue weighted by molar-refractivity contribution is -0.0429. The van der Waals surface area contributed by atoms with Crippen LogP contribution in [0, 0.1) is 6.92 Å². The van der Waals surface area contributed by atoms with Gasteiger partial charge in [-0.1, -0.05) is 32.4 Å². The van der Waals surface area contributed by atoms with Crippen LogP contribution in [0.5, 0.6) is 0 Å². The van der Waals surface area contributed by atoms with E-state index >= 15 is 0 Å². The second-order valence-electron chi connectivity index (χ2n) is 6.23. The molecule has 1 aromatic rings. The summed E-state index contributed by atoms with van der Waals surface area (Å²) < 4.78 is 63.1. The average molecular weight is 408 g/mol. The van der Waals surface area contributed by atoms with Crippen LogP contribution in [0.1, 0.15) is 58.1 Å². The van der Waals surface area contributed by atoms with Gasteiger partial charge in [0, 0.05) is 18.2 Å². The number of sulfonamides is 1. The zero-order valence-electron chi connectivity index (χ0n) is 16.4. The highest BCUT2D eigenvalue weighted by molar-refractivity contribution is 7.93. The Morgan fingerprint density at radius 1 is 1.19 bits per heavy atom. The molecule has 0 saturated carbocycles. The van der Waals surface area contributed by atoms with Crippen LogP contribution in [0.4, 0.5) is 18.9 Å². The molecule has 1 rings (SSSR count). The molecule has 0 heterocycles. The number of hydrogen-bond acceptors (Lipinski definition) is 4. The van der Waals surface area contributed by atoms with E-state index in [-0.39, 0.29) is 11.7 Å². The molecule has 5 nitrogen and oxygen atoms in total. The van der Waals surface area contributed by atoms with Gasteiger partial charge in [0.2, 0.25) is 0 Å². The lowest BCUT2D eigenvalue weighted by atomic mass is 10.0. The minimum Gasteiger partial charge on any atom is -0.294 e. The van der Waals surface area contributed by atoms with E-state index in [1.165, 1.54) is 6.07 Å². The largest absolute Gasteiger partial charge is 0.516 e. The highest BCUT2D eigenvalue weighted by Gasteiger charge is 2.46. The molecule has 0 radical (unpaired) electrons. The molecule has 1 aromatic carbocycles. The number of halogens is 3. The number of rotatable bonds is 9. The molecule has 27 heavy (non-hydrogen) atoms. The summed E-state index contributed by atoms with van der Waals surface area (Å²) in [4.78, 5) is 0. The number of alkyl halides is 3. The summed E-state index contributed by atoms with van der Waals surface area (Å²) in [6.45, 7) is 10.3. The van der Waals surface area contributed by atoms with E-state index < -0.39 is 15.5 Å². The maximum atomic E-state index is 12.8. The first-order valence-corrected chi connectivity index (χ1v) is 10.5. The van der Waals surface area contributed by atoms with Crippen LogP contribution >= 0.6 is 0 Å². The summed E-state index contributed by atoms with van der Waals surface area (Å²) in [6.07, 6.45) is 2.21. The summed E-state index contributed by atoms with van der Waals surface area (Å²) in [5, 5.41) is 6.56. The van der Waals surface area contributed by atoms with E-state index in [1.54, 1.807) is 23.8 Å². The normalized spacial score (nSPS) is 13.1. The Bertz CT molecular complexity index is 758. The van der Waals surface area contributed by atoms with Gasteiger partial charge in [0.15, 0.2) is 0 Å². The molecular weight excluding hydrogens is 379 g/mol. The van der Waals surface area contributed by atoms with Gasteiger partial charge in [0.25, 0.3) is 0 Å². The third-order valence-electron chi connectivity index (χ3n) is 4.31. The average Bonchev–Trinajstić information content (AvgIpc) is 2.59. The minimum atomic E-state index is -5.51. The number of hydrogen-bond donors (Lipinski definition) is 1. The summed E-state index contributed by atoms with van der Waals surface area (Å²) in [5.74, 6) is 0. The van der Waals surface area contributed by atoms with Gasteiger partial charge in [0.1, 0.15) is 0 Å². The third kappa shape index (κ3) is 5.85. The van der Waals surface area contributed by atoms with Gasteiger partial charge in [0.05, 0.1) is 11.4 Å². The SMILES string of the molecule is CC/C(=N\N(CC)C(CC)CC)c1cc(C)ccc1NS(=O)(=O)C(F)(F)F. The van der Waals surface area contributed by atoms with Crippen LogP contribution in [0.2, 0.25) is 0 Å². The van der Waals surface area contributed by atoms with E-state index in [0.717, 1.165) is 18.4 Å². The van der Waals surface area contributed by atoms with Crippen LogP contribution in [0.15, 0.2) is 23.3 Å². The highest BCUT2D eigenvalue weighted by Crippen LogP contribution is 2.28. The molecule has 0 bridgehead atoms. The Morgan fingerprint density at radius 3 is 2.22 bits per heavy atom. The number of benzene rings is 1. The molecule has 1 N–H and O–H groups in total. The van der Waals surface area contributed by atoms with Crippen LogP contribution in [-0.4, -0.2) is 37.2 Å². The number of nitrogens with one attached hydrogen (secondary N) is 1. The first-order valence-electron chi connectivity index (χ1n) is 9.04. The molecule has 0 spiro atoms. The number of aryl methyl sites for hydroxylation is 1. The first-order chi connectivity index (χ1) is 12.5. The molecule has 0 fully saturated rings. The van der Waals surface area contributed by atoms with Crippen molar-refractivity contribution in [2.24, 2.45) is 5.10 Å². The van der Waals surface area contributed by atoms with Crippen LogP contribution in [0.25, 0.3) is 0 Å². The fraction of sp³-hybridized carbons (Fsp3) is 0.611. The van der Waals surface area contributed by atoms with Crippen molar-refractivity contribution in [1.29, 1.82) is 0 Å². The van der Waals surface area contributed by atoms with Crippen LogP contribution in [-0.2, 0) is 10.0 Å². The summed E-state index contributed by atoms with van der Waals surface area (Å²) in [7, 11) is -5.51. The fourth-order valence-corrected chi connectivity index (χ4v) is 3.36. The van der Waals surface area contributed by atoms with E-state index in [0.29, 0.717) is 24.2 Å². The summed E-state index contributed by atoms with van der Waals surface area (Å²) >= 11 is 0. The van der Waals surface area contributed by atoms with Gasteiger partial charge >= 0.3 is 15.5 Å². The molecule has 0 aromatic heterocycles. The van der Waals surface area contributed by atoms with Gasteiger partial charge < -0.3 is 0 Å². The van der Waals surface area contributed by atoms with Crippen LogP contribution < -0.4 is 4.72 Å². The maximum absolute atomic E-state index is 12.8. The second kappa shape index (κ2) is 9.43. The topological polar surface area (TPSA) is 61.8 Å². The number of anilines is 1. The monoisotopic (exact) mass is 407 g/mol. The molecular formula is C18H28F3N3O2S. The first kappa shape index (κ1) is 23.3. The van der Waals surface area contributed by atoms with Crippen LogP contribution in [0.3, 0.4) is 0 Å². The lowest BCUT2D eigenvalue weighted by Gasteiger charge is -2.28. The zero-order valence-corrected chi connectivity index (χ0v) is 17.2. The number of hydrazone groups is 1. The van der Waals surface area contributed by atoms with Gasteiger partial charge in [-0.15, -0.1) is 0 Å². The molecule has 0 amide bonds. The molecule has 0 unspecified atom stereocenters. The van der Waals surface area contributed by atoms with E-state index in [2.05, 4.69) is 5.10 Å². The molecule has 0 atom stereocenters. The Balaban J connectivity index is 3.45. The Morgan fingerprint density at radius 2 is 1.78 bits per heavy atom. The summed E-state index contributed by atoms with van der Waals surface area (Å²) in [5.41, 5.74) is -3.82. The van der Waals surface area contributed by atoms with Gasteiger partial charge in [-0.25, -0.2) is 0 Å². The molecule has 0 aliphatic heterocycles. The van der Waals surface area contributed by atoms with Crippen molar-refractivity contribution >= 4 is 21.4 Å². The smallest absolute Gasteiger partial charge is 0.294 e. The zero-order chi connectivity index (χ0) is 20.8.